The van der Waals surface area contributed by atoms with Crippen molar-refractivity contribution in [2.45, 2.75) is 53.1 Å². The number of methoxy groups -OCH3 is 1. The molecule has 1 aromatic heterocycles. The van der Waals surface area contributed by atoms with Crippen molar-refractivity contribution < 1.29 is 19.1 Å². The number of imidazole rings is 1. The van der Waals surface area contributed by atoms with Crippen LogP contribution >= 0.6 is 0 Å². The topological polar surface area (TPSA) is 72.1 Å². The molecule has 0 bridgehead atoms. The largest absolute Gasteiger partial charge is 0.495 e. The second-order valence-corrected chi connectivity index (χ2v) is 8.13. The first-order chi connectivity index (χ1) is 18.1. The molecule has 3 heterocycles. The van der Waals surface area contributed by atoms with Crippen molar-refractivity contribution in [2.75, 3.05) is 20.3 Å². The number of aryl methyl sites for hydroxylation is 1. The molecule has 37 heavy (non-hydrogen) atoms. The van der Waals surface area contributed by atoms with Crippen molar-refractivity contribution in [1.82, 2.24) is 14.6 Å². The van der Waals surface area contributed by atoms with Crippen LogP contribution in [0.25, 0.3) is 11.8 Å². The molecule has 0 spiro atoms. The lowest BCUT2D eigenvalue weighted by Gasteiger charge is -2.33. The summed E-state index contributed by atoms with van der Waals surface area (Å²) in [5.41, 5.74) is 4.66. The zero-order valence-electron chi connectivity index (χ0n) is 22.5. The molecule has 3 aromatic rings. The molecule has 198 valence electrons. The number of fused-ring (bicyclic) bond motifs is 1. The quantitative estimate of drug-likeness (QED) is 0.464. The SMILES string of the molecule is CC.CC.COc1cc(/C=C2\CCON3C2=NC(CO)C3c2ccc(F)cc2)ccc1-n1cnc(C)c1. The minimum atomic E-state index is -0.395. The molecule has 2 unspecified atom stereocenters. The van der Waals surface area contributed by atoms with Crippen molar-refractivity contribution in [2.24, 2.45) is 4.99 Å². The minimum absolute atomic E-state index is 0.133. The van der Waals surface area contributed by atoms with Gasteiger partial charge in [0.1, 0.15) is 23.7 Å². The maximum atomic E-state index is 13.4. The molecular formula is C29H37FN4O3. The fourth-order valence-electron chi connectivity index (χ4n) is 4.35. The van der Waals surface area contributed by atoms with E-state index in [4.69, 9.17) is 14.6 Å². The summed E-state index contributed by atoms with van der Waals surface area (Å²) in [5, 5.41) is 11.7. The number of ether oxygens (including phenoxy) is 1. The van der Waals surface area contributed by atoms with Crippen LogP contribution in [-0.4, -0.2) is 51.9 Å². The average molecular weight is 509 g/mol. The molecule has 2 aliphatic heterocycles. The van der Waals surface area contributed by atoms with Gasteiger partial charge < -0.3 is 14.4 Å². The number of aliphatic hydroxyl groups is 1. The van der Waals surface area contributed by atoms with Gasteiger partial charge in [0.15, 0.2) is 5.84 Å². The van der Waals surface area contributed by atoms with Crippen LogP contribution in [0.1, 0.15) is 57.0 Å². The van der Waals surface area contributed by atoms with Gasteiger partial charge in [0.25, 0.3) is 0 Å². The predicted molar refractivity (Wildman–Crippen MR) is 145 cm³/mol. The number of amidine groups is 1. The van der Waals surface area contributed by atoms with E-state index in [2.05, 4.69) is 11.1 Å². The summed E-state index contributed by atoms with van der Waals surface area (Å²) in [6, 6.07) is 11.6. The number of benzene rings is 2. The van der Waals surface area contributed by atoms with E-state index in [1.165, 1.54) is 12.1 Å². The van der Waals surface area contributed by atoms with Gasteiger partial charge in [-0.05, 0) is 54.0 Å². The Morgan fingerprint density at radius 3 is 2.49 bits per heavy atom. The Morgan fingerprint density at radius 2 is 1.86 bits per heavy atom. The highest BCUT2D eigenvalue weighted by Crippen LogP contribution is 2.38. The summed E-state index contributed by atoms with van der Waals surface area (Å²) >= 11 is 0. The standard InChI is InChI=1S/C25H25FN4O3.2C2H6/c1-16-13-29(15-27-16)22-8-3-17(12-23(22)32-2)11-19-9-10-33-30-24(21(14-31)28-25(19)30)18-4-6-20(26)7-5-18;2*1-2/h3-8,11-13,15,21,24,31H,9-10,14H2,1-2H3;2*1-2H3/b19-11+;;. The number of rotatable bonds is 5. The van der Waals surface area contributed by atoms with Crippen molar-refractivity contribution in [3.8, 4) is 11.4 Å². The molecule has 1 fully saturated rings. The Balaban J connectivity index is 0.000000907. The lowest BCUT2D eigenvalue weighted by molar-refractivity contribution is -0.133. The molecule has 0 radical (unpaired) electrons. The summed E-state index contributed by atoms with van der Waals surface area (Å²) in [7, 11) is 1.65. The van der Waals surface area contributed by atoms with Crippen LogP contribution in [-0.2, 0) is 4.84 Å². The van der Waals surface area contributed by atoms with Gasteiger partial charge in [-0.25, -0.2) is 14.4 Å². The molecule has 0 aliphatic carbocycles. The number of hydroxylamine groups is 2. The molecule has 2 aromatic carbocycles. The zero-order valence-corrected chi connectivity index (χ0v) is 22.5. The Labute approximate surface area is 218 Å². The van der Waals surface area contributed by atoms with Crippen LogP contribution in [0.15, 0.2) is 65.6 Å². The summed E-state index contributed by atoms with van der Waals surface area (Å²) < 4.78 is 21.0. The highest BCUT2D eigenvalue weighted by Gasteiger charge is 2.41. The van der Waals surface area contributed by atoms with Gasteiger partial charge in [-0.2, -0.15) is 0 Å². The fourth-order valence-corrected chi connectivity index (χ4v) is 4.35. The summed E-state index contributed by atoms with van der Waals surface area (Å²) in [5.74, 6) is 1.13. The van der Waals surface area contributed by atoms with E-state index < -0.39 is 6.04 Å². The van der Waals surface area contributed by atoms with Crippen LogP contribution in [0.2, 0.25) is 0 Å². The van der Waals surface area contributed by atoms with Crippen LogP contribution in [0.5, 0.6) is 5.75 Å². The third-order valence-corrected chi connectivity index (χ3v) is 5.94. The molecule has 1 saturated heterocycles. The van der Waals surface area contributed by atoms with E-state index in [0.29, 0.717) is 18.9 Å². The predicted octanol–water partition coefficient (Wildman–Crippen LogP) is 5.92. The monoisotopic (exact) mass is 508 g/mol. The number of hydrogen-bond acceptors (Lipinski definition) is 6. The first-order valence-corrected chi connectivity index (χ1v) is 12.8. The highest BCUT2D eigenvalue weighted by molar-refractivity contribution is 6.03. The molecule has 7 nitrogen and oxygen atoms in total. The molecule has 2 atom stereocenters. The number of halogens is 1. The lowest BCUT2D eigenvalue weighted by Crippen LogP contribution is -2.38. The number of aliphatic hydroxyl groups excluding tert-OH is 1. The molecule has 2 aliphatic rings. The lowest BCUT2D eigenvalue weighted by atomic mass is 10.00. The summed E-state index contributed by atoms with van der Waals surface area (Å²) in [4.78, 5) is 15.0. The van der Waals surface area contributed by atoms with Crippen LogP contribution < -0.4 is 4.74 Å². The van der Waals surface area contributed by atoms with Gasteiger partial charge in [0.05, 0.1) is 38.0 Å². The van der Waals surface area contributed by atoms with Crippen molar-refractivity contribution >= 4 is 11.9 Å². The maximum Gasteiger partial charge on any atom is 0.152 e. The van der Waals surface area contributed by atoms with Gasteiger partial charge in [-0.3, -0.25) is 9.83 Å². The van der Waals surface area contributed by atoms with Gasteiger partial charge in [0.2, 0.25) is 0 Å². The normalized spacial score (nSPS) is 19.3. The van der Waals surface area contributed by atoms with Crippen LogP contribution in [0, 0.1) is 12.7 Å². The molecule has 8 heteroatoms. The van der Waals surface area contributed by atoms with Crippen LogP contribution in [0.3, 0.4) is 0 Å². The third kappa shape index (κ3) is 6.09. The van der Waals surface area contributed by atoms with E-state index in [1.807, 2.05) is 63.6 Å². The summed E-state index contributed by atoms with van der Waals surface area (Å²) in [6.07, 6.45) is 6.47. The Bertz CT molecular complexity index is 1220. The smallest absolute Gasteiger partial charge is 0.152 e. The molecule has 0 saturated carbocycles. The van der Waals surface area contributed by atoms with Crippen molar-refractivity contribution in [3.05, 3.63) is 83.2 Å². The van der Waals surface area contributed by atoms with Gasteiger partial charge >= 0.3 is 0 Å². The van der Waals surface area contributed by atoms with Gasteiger partial charge in [-0.15, -0.1) is 0 Å². The van der Waals surface area contributed by atoms with E-state index in [9.17, 15) is 9.50 Å². The Hall–Kier alpha value is -3.49. The van der Waals surface area contributed by atoms with Gasteiger partial charge in [-0.1, -0.05) is 45.9 Å². The second-order valence-electron chi connectivity index (χ2n) is 8.13. The first kappa shape index (κ1) is 28.1. The molecule has 1 N–H and O–H groups in total. The Morgan fingerprint density at radius 1 is 1.14 bits per heavy atom. The maximum absolute atomic E-state index is 13.4. The van der Waals surface area contributed by atoms with E-state index in [0.717, 1.165) is 33.8 Å². The van der Waals surface area contributed by atoms with E-state index in [1.54, 1.807) is 30.6 Å². The highest BCUT2D eigenvalue weighted by atomic mass is 19.1. The molecule has 5 rings (SSSR count). The van der Waals surface area contributed by atoms with Gasteiger partial charge in [0, 0.05) is 12.6 Å². The van der Waals surface area contributed by atoms with E-state index in [-0.39, 0.29) is 18.5 Å². The Kier molecular flexibility index (Phi) is 10.00. The van der Waals surface area contributed by atoms with Crippen molar-refractivity contribution in [3.63, 3.8) is 0 Å². The van der Waals surface area contributed by atoms with Crippen LogP contribution in [0.4, 0.5) is 4.39 Å². The number of hydrogen-bond donors (Lipinski definition) is 1. The number of aromatic nitrogens is 2. The third-order valence-electron chi connectivity index (χ3n) is 5.94. The zero-order chi connectivity index (χ0) is 26.9. The fraction of sp³-hybridized carbons (Fsp3) is 0.379. The van der Waals surface area contributed by atoms with E-state index >= 15 is 0 Å². The molecular weight excluding hydrogens is 471 g/mol. The summed E-state index contributed by atoms with van der Waals surface area (Å²) in [6.45, 7) is 10.3. The average Bonchev–Trinajstić information content (AvgIpc) is 3.55. The minimum Gasteiger partial charge on any atom is -0.495 e. The number of aliphatic imine (C=N–C) groups is 1. The molecule has 0 amide bonds. The first-order valence-electron chi connectivity index (χ1n) is 12.8. The number of nitrogens with zero attached hydrogens (tertiary/aromatic N) is 4. The second kappa shape index (κ2) is 13.2. The van der Waals surface area contributed by atoms with Crippen molar-refractivity contribution in [1.29, 1.82) is 0 Å².